The van der Waals surface area contributed by atoms with Crippen molar-refractivity contribution in [2.75, 3.05) is 5.32 Å². The first-order valence-corrected chi connectivity index (χ1v) is 4.90. The molecule has 0 saturated carbocycles. The number of hydrogen-bond acceptors (Lipinski definition) is 3. The van der Waals surface area contributed by atoms with Gasteiger partial charge in [-0.1, -0.05) is 25.3 Å². The molecule has 0 amide bonds. The van der Waals surface area contributed by atoms with Crippen molar-refractivity contribution < 1.29 is 0 Å². The number of nitriles is 1. The summed E-state index contributed by atoms with van der Waals surface area (Å²) in [5.74, 6) is 3.31. The van der Waals surface area contributed by atoms with Crippen molar-refractivity contribution >= 4 is 5.82 Å². The zero-order valence-electron chi connectivity index (χ0n) is 8.70. The molecule has 0 fully saturated rings. The molecule has 15 heavy (non-hydrogen) atoms. The van der Waals surface area contributed by atoms with E-state index in [2.05, 4.69) is 23.1 Å². The third kappa shape index (κ3) is 3.32. The highest BCUT2D eigenvalue weighted by atomic mass is 15.0. The van der Waals surface area contributed by atoms with E-state index >= 15 is 0 Å². The van der Waals surface area contributed by atoms with Crippen LogP contribution in [0.5, 0.6) is 0 Å². The number of nitrogens with zero attached hydrogens (tertiary/aromatic N) is 2. The molecule has 1 aromatic heterocycles. The van der Waals surface area contributed by atoms with E-state index in [4.69, 9.17) is 11.7 Å². The van der Waals surface area contributed by atoms with Crippen molar-refractivity contribution in [1.29, 1.82) is 5.26 Å². The molecule has 1 N–H and O–H groups in total. The normalized spacial score (nSPS) is 11.1. The molecular formula is C12H13N3. The fraction of sp³-hybridized carbons (Fsp3) is 0.333. The predicted molar refractivity (Wildman–Crippen MR) is 60.1 cm³/mol. The van der Waals surface area contributed by atoms with Gasteiger partial charge in [-0.3, -0.25) is 0 Å². The Morgan fingerprint density at radius 2 is 2.40 bits per heavy atom. The lowest BCUT2D eigenvalue weighted by Gasteiger charge is -2.12. The van der Waals surface area contributed by atoms with E-state index in [1.165, 1.54) is 0 Å². The van der Waals surface area contributed by atoms with E-state index in [9.17, 15) is 0 Å². The Kier molecular flexibility index (Phi) is 4.19. The van der Waals surface area contributed by atoms with Gasteiger partial charge < -0.3 is 5.32 Å². The van der Waals surface area contributed by atoms with E-state index < -0.39 is 0 Å². The van der Waals surface area contributed by atoms with E-state index in [1.807, 2.05) is 6.07 Å². The monoisotopic (exact) mass is 199 g/mol. The summed E-state index contributed by atoms with van der Waals surface area (Å²) in [6.45, 7) is 2.07. The predicted octanol–water partition coefficient (Wildman–Crippen LogP) is 2.17. The average Bonchev–Trinajstić information content (AvgIpc) is 2.29. The van der Waals surface area contributed by atoms with Gasteiger partial charge in [0.15, 0.2) is 0 Å². The summed E-state index contributed by atoms with van der Waals surface area (Å²) in [4.78, 5) is 4.09. The quantitative estimate of drug-likeness (QED) is 0.756. The van der Waals surface area contributed by atoms with Crippen LogP contribution in [0.2, 0.25) is 0 Å². The molecule has 0 aliphatic heterocycles. The van der Waals surface area contributed by atoms with Crippen molar-refractivity contribution in [1.82, 2.24) is 4.98 Å². The standard InChI is InChI=1S/C12H13N3/c1-3-6-10(4-2)14-12-8-5-7-11(9-13)15-12/h2,5,7-8,10H,3,6H2,1H3,(H,14,15). The minimum absolute atomic E-state index is 0.0172. The van der Waals surface area contributed by atoms with Crippen LogP contribution in [0.3, 0.4) is 0 Å². The number of anilines is 1. The van der Waals surface area contributed by atoms with Gasteiger partial charge in [0, 0.05) is 0 Å². The van der Waals surface area contributed by atoms with Gasteiger partial charge in [-0.25, -0.2) is 4.98 Å². The highest BCUT2D eigenvalue weighted by Gasteiger charge is 2.04. The van der Waals surface area contributed by atoms with Gasteiger partial charge in [0.2, 0.25) is 0 Å². The third-order valence-corrected chi connectivity index (χ3v) is 1.96. The number of pyridine rings is 1. The second kappa shape index (κ2) is 5.67. The van der Waals surface area contributed by atoms with Crippen LogP contribution in [0.4, 0.5) is 5.82 Å². The zero-order valence-corrected chi connectivity index (χ0v) is 8.70. The smallest absolute Gasteiger partial charge is 0.142 e. The minimum atomic E-state index is -0.0172. The molecule has 0 spiro atoms. The molecule has 1 unspecified atom stereocenters. The zero-order chi connectivity index (χ0) is 11.1. The fourth-order valence-corrected chi connectivity index (χ4v) is 1.24. The molecule has 0 bridgehead atoms. The van der Waals surface area contributed by atoms with Crippen LogP contribution in [0.15, 0.2) is 18.2 Å². The van der Waals surface area contributed by atoms with Gasteiger partial charge in [0.25, 0.3) is 0 Å². The number of rotatable bonds is 4. The van der Waals surface area contributed by atoms with Crippen LogP contribution in [-0.4, -0.2) is 11.0 Å². The number of hydrogen-bond donors (Lipinski definition) is 1. The Morgan fingerprint density at radius 1 is 1.60 bits per heavy atom. The Morgan fingerprint density at radius 3 is 3.00 bits per heavy atom. The Hall–Kier alpha value is -2.00. The summed E-state index contributed by atoms with van der Waals surface area (Å²) in [5.41, 5.74) is 0.396. The Labute approximate surface area is 90.1 Å². The molecule has 1 atom stereocenters. The molecule has 0 aliphatic carbocycles. The van der Waals surface area contributed by atoms with E-state index in [1.54, 1.807) is 18.2 Å². The fourth-order valence-electron chi connectivity index (χ4n) is 1.24. The molecule has 0 radical (unpaired) electrons. The molecule has 0 saturated heterocycles. The van der Waals surface area contributed by atoms with Crippen molar-refractivity contribution in [3.63, 3.8) is 0 Å². The topological polar surface area (TPSA) is 48.7 Å². The molecule has 3 nitrogen and oxygen atoms in total. The van der Waals surface area contributed by atoms with Gasteiger partial charge in [-0.05, 0) is 18.6 Å². The Balaban J connectivity index is 2.72. The highest BCUT2D eigenvalue weighted by molar-refractivity contribution is 5.40. The largest absolute Gasteiger partial charge is 0.356 e. The van der Waals surface area contributed by atoms with Crippen LogP contribution >= 0.6 is 0 Å². The maximum absolute atomic E-state index is 8.68. The van der Waals surface area contributed by atoms with Crippen LogP contribution in [0.1, 0.15) is 25.5 Å². The number of terminal acetylenes is 1. The van der Waals surface area contributed by atoms with Gasteiger partial charge >= 0.3 is 0 Å². The van der Waals surface area contributed by atoms with Crippen molar-refractivity contribution in [2.24, 2.45) is 0 Å². The van der Waals surface area contributed by atoms with Crippen LogP contribution in [0.25, 0.3) is 0 Å². The average molecular weight is 199 g/mol. The highest BCUT2D eigenvalue weighted by Crippen LogP contribution is 2.08. The van der Waals surface area contributed by atoms with Gasteiger partial charge in [-0.15, -0.1) is 6.42 Å². The molecule has 76 valence electrons. The summed E-state index contributed by atoms with van der Waals surface area (Å²) >= 11 is 0. The lowest BCUT2D eigenvalue weighted by Crippen LogP contribution is -2.17. The summed E-state index contributed by atoms with van der Waals surface area (Å²) < 4.78 is 0. The molecule has 1 heterocycles. The van der Waals surface area contributed by atoms with Crippen molar-refractivity contribution in [3.05, 3.63) is 23.9 Å². The van der Waals surface area contributed by atoms with Crippen LogP contribution in [0, 0.1) is 23.7 Å². The van der Waals surface area contributed by atoms with Crippen molar-refractivity contribution in [3.8, 4) is 18.4 Å². The van der Waals surface area contributed by atoms with Gasteiger partial charge in [0.05, 0.1) is 6.04 Å². The summed E-state index contributed by atoms with van der Waals surface area (Å²) in [6, 6.07) is 7.22. The number of aromatic nitrogens is 1. The maximum Gasteiger partial charge on any atom is 0.142 e. The van der Waals surface area contributed by atoms with Crippen molar-refractivity contribution in [2.45, 2.75) is 25.8 Å². The summed E-state index contributed by atoms with van der Waals surface area (Å²) in [5, 5.41) is 11.8. The van der Waals surface area contributed by atoms with Gasteiger partial charge in [-0.2, -0.15) is 5.26 Å². The van der Waals surface area contributed by atoms with Crippen LogP contribution < -0.4 is 5.32 Å². The minimum Gasteiger partial charge on any atom is -0.356 e. The first kappa shape index (κ1) is 11.1. The van der Waals surface area contributed by atoms with Gasteiger partial charge in [0.1, 0.15) is 17.6 Å². The Bertz CT molecular complexity index is 398. The second-order valence-electron chi connectivity index (χ2n) is 3.17. The van der Waals surface area contributed by atoms with E-state index in [-0.39, 0.29) is 6.04 Å². The summed E-state index contributed by atoms with van der Waals surface area (Å²) in [7, 11) is 0. The third-order valence-electron chi connectivity index (χ3n) is 1.96. The first-order valence-electron chi connectivity index (χ1n) is 4.90. The molecule has 1 aromatic rings. The lowest BCUT2D eigenvalue weighted by molar-refractivity contribution is 0.752. The van der Waals surface area contributed by atoms with Crippen LogP contribution in [-0.2, 0) is 0 Å². The summed E-state index contributed by atoms with van der Waals surface area (Å²) in [6.07, 6.45) is 7.28. The molecule has 0 aliphatic rings. The maximum atomic E-state index is 8.68. The molecule has 3 heteroatoms. The molecular weight excluding hydrogens is 186 g/mol. The first-order chi connectivity index (χ1) is 7.30. The van der Waals surface area contributed by atoms with E-state index in [0.717, 1.165) is 12.8 Å². The molecule has 1 rings (SSSR count). The number of nitrogens with one attached hydrogen (secondary N) is 1. The SMILES string of the molecule is C#CC(CCC)Nc1cccc(C#N)n1. The second-order valence-corrected chi connectivity index (χ2v) is 3.17. The van der Waals surface area contributed by atoms with E-state index in [0.29, 0.717) is 11.5 Å². The lowest BCUT2D eigenvalue weighted by atomic mass is 10.2. The molecule has 0 aromatic carbocycles.